The number of para-hydroxylation sites is 2. The van der Waals surface area contributed by atoms with Gasteiger partial charge in [-0.1, -0.05) is 218 Å². The fourth-order valence-corrected chi connectivity index (χ4v) is 10.7. The number of allylic oxidation sites excluding steroid dienone is 3. The number of anilines is 3. The van der Waals surface area contributed by atoms with E-state index < -0.39 is 5.41 Å². The topological polar surface area (TPSA) is 16.4 Å². The van der Waals surface area contributed by atoms with Crippen molar-refractivity contribution >= 4 is 60.9 Å². The van der Waals surface area contributed by atoms with E-state index in [-0.39, 0.29) is 0 Å². The summed E-state index contributed by atoms with van der Waals surface area (Å²) in [6, 6.07) is 85.8. The van der Waals surface area contributed by atoms with Gasteiger partial charge in [0.05, 0.1) is 16.8 Å². The first-order valence-corrected chi connectivity index (χ1v) is 22.7. The monoisotopic (exact) mass is 843 g/mol. The zero-order valence-electron chi connectivity index (χ0n) is 36.7. The number of aryl methyl sites for hydroxylation is 1. The Bertz CT molecular complexity index is 3600. The molecular weight excluding hydrogens is 799 g/mol. The van der Waals surface area contributed by atoms with Crippen LogP contribution in [0.4, 0.5) is 17.1 Å². The third kappa shape index (κ3) is 6.18. The van der Waals surface area contributed by atoms with Crippen LogP contribution in [-0.4, -0.2) is 0 Å². The molecule has 2 nitrogen and oxygen atoms in total. The van der Waals surface area contributed by atoms with Crippen molar-refractivity contribution in [1.82, 2.24) is 0 Å². The number of benzene rings is 10. The molecule has 1 aliphatic carbocycles. The quantitative estimate of drug-likeness (QED) is 0.144. The molecule has 0 N–H and O–H groups in total. The first-order valence-electron chi connectivity index (χ1n) is 22.7. The number of fused-ring (bicyclic) bond motifs is 6. The lowest BCUT2D eigenvalue weighted by atomic mass is 9.64. The van der Waals surface area contributed by atoms with Crippen molar-refractivity contribution < 1.29 is 4.42 Å². The van der Waals surface area contributed by atoms with E-state index in [0.717, 1.165) is 66.8 Å². The van der Waals surface area contributed by atoms with Crippen molar-refractivity contribution in [2.45, 2.75) is 12.3 Å². The predicted molar refractivity (Wildman–Crippen MR) is 278 cm³/mol. The molecule has 10 aromatic carbocycles. The molecule has 0 bridgehead atoms. The Kier molecular flexibility index (Phi) is 9.47. The molecule has 1 aliphatic rings. The molecule has 12 rings (SSSR count). The Morgan fingerprint density at radius 3 is 1.77 bits per heavy atom. The van der Waals surface area contributed by atoms with Gasteiger partial charge in [0.1, 0.15) is 5.58 Å². The molecule has 0 spiro atoms. The molecule has 0 atom stereocenters. The van der Waals surface area contributed by atoms with Gasteiger partial charge in [-0.05, 0) is 110 Å². The molecule has 0 saturated heterocycles. The van der Waals surface area contributed by atoms with Crippen molar-refractivity contribution in [3.8, 4) is 22.3 Å². The minimum atomic E-state index is -0.648. The summed E-state index contributed by atoms with van der Waals surface area (Å²) in [5.41, 5.74) is 18.3. The standard InChI is InChI=1S/C64H45NO/c1-3-52-55-39-34-48-41-43(2)31-38-53(48)62(55)64(49-23-12-6-13-24-49,50-25-14-7-15-26-50)61(52)46-32-36-51(37-33-46)65(59-29-18-28-56-54-27-16-17-30-60(54)66-63(56)59)58-40-35-47(44-19-8-4-9-20-44)42-57(58)45-21-10-5-11-22-45/h3-42H,1H2,2H3. The van der Waals surface area contributed by atoms with Crippen LogP contribution in [0.1, 0.15) is 33.4 Å². The molecule has 1 heterocycles. The number of nitrogens with zero attached hydrogens (tertiary/aromatic N) is 1. The van der Waals surface area contributed by atoms with Crippen LogP contribution in [0.5, 0.6) is 0 Å². The van der Waals surface area contributed by atoms with E-state index in [9.17, 15) is 0 Å². The van der Waals surface area contributed by atoms with Gasteiger partial charge < -0.3 is 9.32 Å². The number of rotatable bonds is 9. The molecule has 0 unspecified atom stereocenters. The molecule has 0 radical (unpaired) electrons. The maximum Gasteiger partial charge on any atom is 0.159 e. The van der Waals surface area contributed by atoms with Crippen LogP contribution >= 0.6 is 0 Å². The fourth-order valence-electron chi connectivity index (χ4n) is 10.7. The first-order chi connectivity index (χ1) is 32.6. The van der Waals surface area contributed by atoms with Gasteiger partial charge in [0, 0.05) is 22.0 Å². The summed E-state index contributed by atoms with van der Waals surface area (Å²) in [5, 5.41) is 4.65. The van der Waals surface area contributed by atoms with Gasteiger partial charge in [-0.25, -0.2) is 0 Å². The van der Waals surface area contributed by atoms with Gasteiger partial charge in [0.15, 0.2) is 5.58 Å². The van der Waals surface area contributed by atoms with E-state index in [4.69, 9.17) is 4.42 Å². The highest BCUT2D eigenvalue weighted by atomic mass is 16.3. The normalized spacial score (nSPS) is 13.0. The van der Waals surface area contributed by atoms with Crippen molar-refractivity contribution in [2.75, 3.05) is 4.90 Å². The average molecular weight is 844 g/mol. The van der Waals surface area contributed by atoms with E-state index in [1.54, 1.807) is 0 Å². The van der Waals surface area contributed by atoms with Crippen LogP contribution < -0.4 is 4.90 Å². The van der Waals surface area contributed by atoms with Gasteiger partial charge >= 0.3 is 0 Å². The predicted octanol–water partition coefficient (Wildman–Crippen LogP) is 17.3. The van der Waals surface area contributed by atoms with Gasteiger partial charge in [0.25, 0.3) is 0 Å². The highest BCUT2D eigenvalue weighted by Crippen LogP contribution is 2.60. The zero-order valence-corrected chi connectivity index (χ0v) is 36.7. The van der Waals surface area contributed by atoms with Crippen molar-refractivity contribution in [3.05, 3.63) is 283 Å². The highest BCUT2D eigenvalue weighted by molar-refractivity contribution is 6.14. The minimum Gasteiger partial charge on any atom is -0.454 e. The Labute approximate surface area is 385 Å². The first kappa shape index (κ1) is 39.2. The lowest BCUT2D eigenvalue weighted by Crippen LogP contribution is -2.29. The van der Waals surface area contributed by atoms with Crippen molar-refractivity contribution in [2.24, 2.45) is 0 Å². The SMILES string of the molecule is C=CC1=C(c2ccc(N(c3ccc(-c4ccccc4)cc3-c3ccccc3)c3cccc4c3oc3ccccc34)cc2)C(c2ccccc2)(c2ccccc2)c2c1ccc1cc(C)ccc21. The number of hydrogen-bond donors (Lipinski definition) is 0. The fraction of sp³-hybridized carbons (Fsp3) is 0.0312. The molecular formula is C64H45NO. The van der Waals surface area contributed by atoms with Crippen LogP contribution in [-0.2, 0) is 5.41 Å². The second-order valence-electron chi connectivity index (χ2n) is 17.3. The molecule has 0 saturated carbocycles. The number of hydrogen-bond acceptors (Lipinski definition) is 2. The summed E-state index contributed by atoms with van der Waals surface area (Å²) in [6.07, 6.45) is 2.07. The summed E-state index contributed by atoms with van der Waals surface area (Å²) in [5.74, 6) is 0. The summed E-state index contributed by atoms with van der Waals surface area (Å²) in [7, 11) is 0. The van der Waals surface area contributed by atoms with E-state index in [1.165, 1.54) is 49.7 Å². The second-order valence-corrected chi connectivity index (χ2v) is 17.3. The van der Waals surface area contributed by atoms with Crippen LogP contribution in [0.25, 0.3) is 66.1 Å². The van der Waals surface area contributed by atoms with Crippen LogP contribution in [0.3, 0.4) is 0 Å². The summed E-state index contributed by atoms with van der Waals surface area (Å²) in [4.78, 5) is 2.38. The minimum absolute atomic E-state index is 0.648. The molecule has 0 fully saturated rings. The molecule has 66 heavy (non-hydrogen) atoms. The van der Waals surface area contributed by atoms with Crippen molar-refractivity contribution in [3.63, 3.8) is 0 Å². The van der Waals surface area contributed by atoms with E-state index >= 15 is 0 Å². The Morgan fingerprint density at radius 2 is 1.08 bits per heavy atom. The third-order valence-corrected chi connectivity index (χ3v) is 13.6. The molecule has 0 aliphatic heterocycles. The van der Waals surface area contributed by atoms with Gasteiger partial charge in [-0.3, -0.25) is 0 Å². The maximum atomic E-state index is 6.82. The molecule has 312 valence electrons. The zero-order chi connectivity index (χ0) is 44.2. The van der Waals surface area contributed by atoms with E-state index in [1.807, 2.05) is 6.07 Å². The van der Waals surface area contributed by atoms with Gasteiger partial charge in [0.2, 0.25) is 0 Å². The molecule has 2 heteroatoms. The lowest BCUT2D eigenvalue weighted by molar-refractivity contribution is 0.669. The largest absolute Gasteiger partial charge is 0.454 e. The van der Waals surface area contributed by atoms with Crippen LogP contribution in [0.15, 0.2) is 254 Å². The molecule has 11 aromatic rings. The van der Waals surface area contributed by atoms with Crippen molar-refractivity contribution in [1.29, 1.82) is 0 Å². The van der Waals surface area contributed by atoms with E-state index in [2.05, 4.69) is 255 Å². The summed E-state index contributed by atoms with van der Waals surface area (Å²) in [6.45, 7) is 6.70. The smallest absolute Gasteiger partial charge is 0.159 e. The average Bonchev–Trinajstić information content (AvgIpc) is 3.92. The second kappa shape index (κ2) is 16.0. The molecule has 0 amide bonds. The molecule has 1 aromatic heterocycles. The van der Waals surface area contributed by atoms with Crippen LogP contribution in [0.2, 0.25) is 0 Å². The number of furan rings is 1. The van der Waals surface area contributed by atoms with Crippen LogP contribution in [0, 0.1) is 6.92 Å². The van der Waals surface area contributed by atoms with Gasteiger partial charge in [-0.15, -0.1) is 0 Å². The summed E-state index contributed by atoms with van der Waals surface area (Å²) >= 11 is 0. The summed E-state index contributed by atoms with van der Waals surface area (Å²) < 4.78 is 6.82. The lowest BCUT2D eigenvalue weighted by Gasteiger charge is -2.37. The highest BCUT2D eigenvalue weighted by Gasteiger charge is 2.48. The van der Waals surface area contributed by atoms with E-state index in [0.29, 0.717) is 0 Å². The Morgan fingerprint density at radius 1 is 0.455 bits per heavy atom. The van der Waals surface area contributed by atoms with Gasteiger partial charge in [-0.2, -0.15) is 0 Å². The Balaban J connectivity index is 1.12. The maximum absolute atomic E-state index is 6.82. The third-order valence-electron chi connectivity index (χ3n) is 13.6. The Hall–Kier alpha value is -8.46.